The Hall–Kier alpha value is -2.54. The van der Waals surface area contributed by atoms with E-state index in [9.17, 15) is 0 Å². The van der Waals surface area contributed by atoms with Crippen LogP contribution in [0.2, 0.25) is 0 Å². The number of benzene rings is 1. The molecule has 0 aliphatic rings. The molecule has 0 bridgehead atoms. The summed E-state index contributed by atoms with van der Waals surface area (Å²) in [5.74, 6) is 0.762. The fourth-order valence-corrected chi connectivity index (χ4v) is 2.74. The SMILES string of the molecule is CCN(CC)[C@@H](CNc1ccc2nnnn2n1)c1ccccc1. The van der Waals surface area contributed by atoms with Crippen molar-refractivity contribution in [3.8, 4) is 0 Å². The molecule has 0 fully saturated rings. The van der Waals surface area contributed by atoms with Gasteiger partial charge in [0.1, 0.15) is 5.82 Å². The van der Waals surface area contributed by atoms with E-state index in [4.69, 9.17) is 0 Å². The number of rotatable bonds is 7. The normalized spacial score (nSPS) is 12.7. The average Bonchev–Trinajstić information content (AvgIpc) is 3.07. The third kappa shape index (κ3) is 3.45. The minimum atomic E-state index is 0.289. The van der Waals surface area contributed by atoms with E-state index in [1.165, 1.54) is 10.2 Å². The highest BCUT2D eigenvalue weighted by Crippen LogP contribution is 2.20. The van der Waals surface area contributed by atoms with Crippen molar-refractivity contribution in [1.29, 1.82) is 0 Å². The van der Waals surface area contributed by atoms with Gasteiger partial charge in [-0.15, -0.1) is 14.8 Å². The summed E-state index contributed by atoms with van der Waals surface area (Å²) in [6.45, 7) is 7.14. The molecule has 0 aliphatic heterocycles. The summed E-state index contributed by atoms with van der Waals surface area (Å²) in [6.07, 6.45) is 0. The summed E-state index contributed by atoms with van der Waals surface area (Å²) in [5, 5.41) is 19.1. The summed E-state index contributed by atoms with van der Waals surface area (Å²) in [5.41, 5.74) is 1.94. The van der Waals surface area contributed by atoms with Crippen LogP contribution in [0.15, 0.2) is 42.5 Å². The molecule has 1 aromatic carbocycles. The van der Waals surface area contributed by atoms with Crippen LogP contribution < -0.4 is 5.32 Å². The van der Waals surface area contributed by atoms with Gasteiger partial charge in [-0.25, -0.2) is 0 Å². The van der Waals surface area contributed by atoms with E-state index < -0.39 is 0 Å². The molecule has 1 atom stereocenters. The molecule has 2 heterocycles. The highest BCUT2D eigenvalue weighted by molar-refractivity contribution is 5.42. The number of aromatic nitrogens is 5. The molecule has 0 radical (unpaired) electrons. The highest BCUT2D eigenvalue weighted by Gasteiger charge is 2.17. The third-order valence-electron chi connectivity index (χ3n) is 3.98. The summed E-state index contributed by atoms with van der Waals surface area (Å²) in [6, 6.07) is 14.6. The Bertz CT molecular complexity index is 736. The van der Waals surface area contributed by atoms with Crippen LogP contribution in [0.5, 0.6) is 0 Å². The summed E-state index contributed by atoms with van der Waals surface area (Å²) < 4.78 is 1.43. The lowest BCUT2D eigenvalue weighted by atomic mass is 10.1. The number of tetrazole rings is 1. The van der Waals surface area contributed by atoms with Crippen LogP contribution in [0.1, 0.15) is 25.5 Å². The number of hydrogen-bond acceptors (Lipinski definition) is 6. The first-order valence-electron chi connectivity index (χ1n) is 7.90. The second-order valence-corrected chi connectivity index (χ2v) is 5.27. The van der Waals surface area contributed by atoms with Gasteiger partial charge in [0, 0.05) is 6.54 Å². The van der Waals surface area contributed by atoms with Crippen LogP contribution >= 0.6 is 0 Å². The van der Waals surface area contributed by atoms with Crippen LogP contribution in [0, 0.1) is 0 Å². The molecule has 2 aromatic heterocycles. The standard InChI is InChI=1S/C16H21N7/c1-3-22(4-2)14(13-8-6-5-7-9-13)12-17-15-10-11-16-18-20-21-23(16)19-15/h5-11,14H,3-4,12H2,1-2H3,(H,17,19)/t14-/m0/s1. The molecule has 0 amide bonds. The van der Waals surface area contributed by atoms with Crippen molar-refractivity contribution >= 4 is 11.5 Å². The molecule has 7 heteroatoms. The van der Waals surface area contributed by atoms with Crippen LogP contribution in [0.3, 0.4) is 0 Å². The maximum atomic E-state index is 4.36. The fourth-order valence-electron chi connectivity index (χ4n) is 2.74. The van der Waals surface area contributed by atoms with Gasteiger partial charge in [0.05, 0.1) is 6.04 Å². The summed E-state index contributed by atoms with van der Waals surface area (Å²) in [4.78, 5) is 2.43. The van der Waals surface area contributed by atoms with E-state index in [0.29, 0.717) is 5.65 Å². The van der Waals surface area contributed by atoms with Gasteiger partial charge in [0.15, 0.2) is 5.65 Å². The topological polar surface area (TPSA) is 71.2 Å². The van der Waals surface area contributed by atoms with Gasteiger partial charge in [-0.3, -0.25) is 4.90 Å². The Labute approximate surface area is 135 Å². The van der Waals surface area contributed by atoms with E-state index in [1.807, 2.05) is 18.2 Å². The van der Waals surface area contributed by atoms with Gasteiger partial charge in [-0.2, -0.15) is 0 Å². The second kappa shape index (κ2) is 7.15. The minimum absolute atomic E-state index is 0.289. The van der Waals surface area contributed by atoms with Crippen LogP contribution in [-0.4, -0.2) is 49.8 Å². The first-order chi connectivity index (χ1) is 11.3. The number of fused-ring (bicyclic) bond motifs is 1. The van der Waals surface area contributed by atoms with Gasteiger partial charge in [-0.05, 0) is 41.2 Å². The van der Waals surface area contributed by atoms with Crippen LogP contribution in [-0.2, 0) is 0 Å². The van der Waals surface area contributed by atoms with Gasteiger partial charge in [0.2, 0.25) is 0 Å². The Morgan fingerprint density at radius 3 is 2.61 bits per heavy atom. The molecule has 7 nitrogen and oxygen atoms in total. The van der Waals surface area contributed by atoms with E-state index >= 15 is 0 Å². The third-order valence-corrected chi connectivity index (χ3v) is 3.98. The van der Waals surface area contributed by atoms with Crippen molar-refractivity contribution in [1.82, 2.24) is 30.2 Å². The van der Waals surface area contributed by atoms with Crippen molar-refractivity contribution in [2.45, 2.75) is 19.9 Å². The zero-order chi connectivity index (χ0) is 16.1. The Morgan fingerprint density at radius 1 is 1.09 bits per heavy atom. The molecule has 3 rings (SSSR count). The predicted molar refractivity (Wildman–Crippen MR) is 89.2 cm³/mol. The average molecular weight is 311 g/mol. The minimum Gasteiger partial charge on any atom is -0.367 e. The van der Waals surface area contributed by atoms with E-state index in [1.54, 1.807) is 0 Å². The maximum absolute atomic E-state index is 4.36. The van der Waals surface area contributed by atoms with Crippen molar-refractivity contribution in [3.05, 3.63) is 48.0 Å². The zero-order valence-corrected chi connectivity index (χ0v) is 13.4. The lowest BCUT2D eigenvalue weighted by Crippen LogP contribution is -2.33. The van der Waals surface area contributed by atoms with E-state index in [-0.39, 0.29) is 6.04 Å². The lowest BCUT2D eigenvalue weighted by Gasteiger charge is -2.30. The smallest absolute Gasteiger partial charge is 0.200 e. The van der Waals surface area contributed by atoms with E-state index in [2.05, 4.69) is 69.0 Å². The monoisotopic (exact) mass is 311 g/mol. The molecule has 23 heavy (non-hydrogen) atoms. The summed E-state index contributed by atoms with van der Waals surface area (Å²) >= 11 is 0. The van der Waals surface area contributed by atoms with Crippen molar-refractivity contribution < 1.29 is 0 Å². The Morgan fingerprint density at radius 2 is 1.87 bits per heavy atom. The number of hydrogen-bond donors (Lipinski definition) is 1. The summed E-state index contributed by atoms with van der Waals surface area (Å²) in [7, 11) is 0. The molecular formula is C16H21N7. The van der Waals surface area contributed by atoms with Gasteiger partial charge in [0.25, 0.3) is 0 Å². The first-order valence-corrected chi connectivity index (χ1v) is 7.90. The zero-order valence-electron chi connectivity index (χ0n) is 13.4. The quantitative estimate of drug-likeness (QED) is 0.720. The number of anilines is 1. The Balaban J connectivity index is 1.77. The molecule has 0 unspecified atom stereocenters. The van der Waals surface area contributed by atoms with Gasteiger partial charge >= 0.3 is 0 Å². The molecule has 0 saturated heterocycles. The van der Waals surface area contributed by atoms with Crippen LogP contribution in [0.25, 0.3) is 5.65 Å². The van der Waals surface area contributed by atoms with E-state index in [0.717, 1.165) is 25.5 Å². The lowest BCUT2D eigenvalue weighted by molar-refractivity contribution is 0.228. The molecular weight excluding hydrogens is 290 g/mol. The number of likely N-dealkylation sites (N-methyl/N-ethyl adjacent to an activating group) is 1. The number of nitrogens with zero attached hydrogens (tertiary/aromatic N) is 6. The molecule has 0 saturated carbocycles. The highest BCUT2D eigenvalue weighted by atomic mass is 15.6. The second-order valence-electron chi connectivity index (χ2n) is 5.27. The van der Waals surface area contributed by atoms with Crippen LogP contribution in [0.4, 0.5) is 5.82 Å². The predicted octanol–water partition coefficient (Wildman–Crippen LogP) is 2.01. The molecule has 120 valence electrons. The van der Waals surface area contributed by atoms with Gasteiger partial charge in [-0.1, -0.05) is 44.2 Å². The van der Waals surface area contributed by atoms with Crippen molar-refractivity contribution in [3.63, 3.8) is 0 Å². The Kier molecular flexibility index (Phi) is 4.77. The molecule has 0 aliphatic carbocycles. The first kappa shape index (κ1) is 15.4. The number of nitrogens with one attached hydrogen (secondary N) is 1. The fraction of sp³-hybridized carbons (Fsp3) is 0.375. The maximum Gasteiger partial charge on any atom is 0.200 e. The molecule has 0 spiro atoms. The molecule has 3 aromatic rings. The molecule has 1 N–H and O–H groups in total. The van der Waals surface area contributed by atoms with Gasteiger partial charge < -0.3 is 5.32 Å². The largest absolute Gasteiger partial charge is 0.367 e. The van der Waals surface area contributed by atoms with Crippen molar-refractivity contribution in [2.75, 3.05) is 25.0 Å². The van der Waals surface area contributed by atoms with Crippen molar-refractivity contribution in [2.24, 2.45) is 0 Å².